The van der Waals surface area contributed by atoms with Crippen LogP contribution in [0.4, 0.5) is 0 Å². The Morgan fingerprint density at radius 1 is 1.11 bits per heavy atom. The van der Waals surface area contributed by atoms with Crippen LogP contribution in [0.25, 0.3) is 11.3 Å². The van der Waals surface area contributed by atoms with Gasteiger partial charge in [0.15, 0.2) is 5.76 Å². The van der Waals surface area contributed by atoms with E-state index in [1.54, 1.807) is 37.4 Å². The van der Waals surface area contributed by atoms with Crippen LogP contribution < -0.4 is 10.6 Å². The Morgan fingerprint density at radius 2 is 1.89 bits per heavy atom. The first-order valence-electron chi connectivity index (χ1n) is 9.54. The van der Waals surface area contributed by atoms with Gasteiger partial charge in [-0.05, 0) is 63.0 Å². The van der Waals surface area contributed by atoms with E-state index in [9.17, 15) is 9.59 Å². The van der Waals surface area contributed by atoms with Crippen molar-refractivity contribution in [3.63, 3.8) is 0 Å². The van der Waals surface area contributed by atoms with Crippen molar-refractivity contribution < 1.29 is 14.0 Å². The fourth-order valence-electron chi connectivity index (χ4n) is 4.34. The van der Waals surface area contributed by atoms with Gasteiger partial charge in [0, 0.05) is 30.3 Å². The molecule has 4 heterocycles. The molecule has 0 radical (unpaired) electrons. The maximum atomic E-state index is 12.7. The molecule has 0 spiro atoms. The number of piperidine rings is 3. The Labute approximate surface area is 158 Å². The number of carbonyl (C=O) groups excluding carboxylic acids is 2. The lowest BCUT2D eigenvalue weighted by Crippen LogP contribution is -2.62. The second-order valence-electron chi connectivity index (χ2n) is 7.44. The Hall–Kier alpha value is -2.60. The molecule has 2 aromatic rings. The molecule has 5 rings (SSSR count). The number of hydrogen-bond acceptors (Lipinski definition) is 4. The van der Waals surface area contributed by atoms with Gasteiger partial charge in [-0.3, -0.25) is 14.5 Å². The summed E-state index contributed by atoms with van der Waals surface area (Å²) >= 11 is 0. The second kappa shape index (κ2) is 7.19. The van der Waals surface area contributed by atoms with Crippen LogP contribution in [0.5, 0.6) is 0 Å². The molecule has 0 aliphatic carbocycles. The Kier molecular flexibility index (Phi) is 4.74. The number of nitrogens with zero attached hydrogens (tertiary/aromatic N) is 1. The highest BCUT2D eigenvalue weighted by atomic mass is 16.3. The minimum atomic E-state index is -0.172. The van der Waals surface area contributed by atoms with Crippen molar-refractivity contribution in [2.24, 2.45) is 5.92 Å². The maximum Gasteiger partial charge on any atom is 0.287 e. The number of amides is 2. The van der Waals surface area contributed by atoms with E-state index in [0.717, 1.165) is 31.5 Å². The van der Waals surface area contributed by atoms with Gasteiger partial charge in [0.1, 0.15) is 5.76 Å². The molecule has 0 unspecified atom stereocenters. The summed E-state index contributed by atoms with van der Waals surface area (Å²) in [6.45, 7) is 4.45. The zero-order chi connectivity index (χ0) is 19.0. The molecule has 1 aromatic carbocycles. The van der Waals surface area contributed by atoms with Gasteiger partial charge in [-0.15, -0.1) is 0 Å². The third-order valence-electron chi connectivity index (χ3n) is 5.94. The summed E-state index contributed by atoms with van der Waals surface area (Å²) in [6, 6.07) is 11.2. The van der Waals surface area contributed by atoms with E-state index in [1.807, 2.05) is 6.07 Å². The SMILES string of the molecule is CNC(=O)c1cccc(-c2ccc(C(=O)N[C@@H]3C4CCN(CC4)[C@H]3C)o2)c1. The molecule has 3 aliphatic heterocycles. The van der Waals surface area contributed by atoms with E-state index in [4.69, 9.17) is 4.42 Å². The summed E-state index contributed by atoms with van der Waals surface area (Å²) < 4.78 is 5.80. The van der Waals surface area contributed by atoms with Crippen LogP contribution >= 0.6 is 0 Å². The van der Waals surface area contributed by atoms with E-state index >= 15 is 0 Å². The number of rotatable bonds is 4. The minimum Gasteiger partial charge on any atom is -0.451 e. The van der Waals surface area contributed by atoms with Crippen molar-refractivity contribution in [2.45, 2.75) is 31.8 Å². The first-order valence-corrected chi connectivity index (χ1v) is 9.54. The molecule has 3 aliphatic rings. The fourth-order valence-corrected chi connectivity index (χ4v) is 4.34. The highest BCUT2D eigenvalue weighted by Gasteiger charge is 2.40. The van der Waals surface area contributed by atoms with Crippen LogP contribution in [-0.2, 0) is 0 Å². The Morgan fingerprint density at radius 3 is 2.59 bits per heavy atom. The van der Waals surface area contributed by atoms with E-state index in [2.05, 4.69) is 22.5 Å². The van der Waals surface area contributed by atoms with Gasteiger partial charge in [-0.1, -0.05) is 12.1 Å². The van der Waals surface area contributed by atoms with Crippen LogP contribution in [0.3, 0.4) is 0 Å². The van der Waals surface area contributed by atoms with Gasteiger partial charge in [-0.2, -0.15) is 0 Å². The lowest BCUT2D eigenvalue weighted by atomic mass is 9.79. The van der Waals surface area contributed by atoms with Gasteiger partial charge >= 0.3 is 0 Å². The molecule has 2 N–H and O–H groups in total. The molecule has 2 bridgehead atoms. The van der Waals surface area contributed by atoms with Crippen LogP contribution in [0, 0.1) is 5.92 Å². The van der Waals surface area contributed by atoms with Gasteiger partial charge in [0.25, 0.3) is 11.8 Å². The largest absolute Gasteiger partial charge is 0.451 e. The lowest BCUT2D eigenvalue weighted by Gasteiger charge is -2.49. The van der Waals surface area contributed by atoms with Crippen molar-refractivity contribution in [1.82, 2.24) is 15.5 Å². The normalized spacial score (nSPS) is 26.6. The van der Waals surface area contributed by atoms with Crippen molar-refractivity contribution >= 4 is 11.8 Å². The highest BCUT2D eigenvalue weighted by Crippen LogP contribution is 2.32. The molecule has 6 heteroatoms. The first kappa shape index (κ1) is 17.8. The smallest absolute Gasteiger partial charge is 0.287 e. The molecule has 1 aromatic heterocycles. The standard InChI is InChI=1S/C21H25N3O3/c1-13-19(14-8-10-24(13)11-9-14)23-21(26)18-7-6-17(27-18)15-4-3-5-16(12-15)20(25)22-2/h3-7,12-14,19H,8-11H2,1-2H3,(H,22,25)(H,23,26)/t13-,19-/m0/s1. The number of hydrogen-bond donors (Lipinski definition) is 2. The topological polar surface area (TPSA) is 74.6 Å². The summed E-state index contributed by atoms with van der Waals surface area (Å²) in [5, 5.41) is 5.79. The van der Waals surface area contributed by atoms with Crippen LogP contribution in [0.15, 0.2) is 40.8 Å². The first-order chi connectivity index (χ1) is 13.1. The quantitative estimate of drug-likeness (QED) is 0.871. The number of furan rings is 1. The highest BCUT2D eigenvalue weighted by molar-refractivity contribution is 5.95. The van der Waals surface area contributed by atoms with E-state index in [-0.39, 0.29) is 17.9 Å². The molecule has 3 fully saturated rings. The van der Waals surface area contributed by atoms with E-state index in [0.29, 0.717) is 29.0 Å². The molecule has 3 saturated heterocycles. The van der Waals surface area contributed by atoms with Gasteiger partial charge in [0.05, 0.1) is 0 Å². The van der Waals surface area contributed by atoms with E-state index in [1.165, 1.54) is 0 Å². The summed E-state index contributed by atoms with van der Waals surface area (Å²) in [6.07, 6.45) is 2.29. The predicted octanol–water partition coefficient (Wildman–Crippen LogP) is 2.52. The monoisotopic (exact) mass is 367 g/mol. The fraction of sp³-hybridized carbons (Fsp3) is 0.429. The zero-order valence-electron chi connectivity index (χ0n) is 15.7. The molecule has 2 atom stereocenters. The van der Waals surface area contributed by atoms with Crippen LogP contribution in [0.1, 0.15) is 40.7 Å². The van der Waals surface area contributed by atoms with Gasteiger partial charge in [-0.25, -0.2) is 0 Å². The molecule has 27 heavy (non-hydrogen) atoms. The number of carbonyl (C=O) groups is 2. The Bertz CT molecular complexity index is 850. The summed E-state index contributed by atoms with van der Waals surface area (Å²) in [5.74, 6) is 1.10. The molecule has 6 nitrogen and oxygen atoms in total. The average molecular weight is 367 g/mol. The minimum absolute atomic E-state index is 0.155. The lowest BCUT2D eigenvalue weighted by molar-refractivity contribution is 0.0211. The third-order valence-corrected chi connectivity index (χ3v) is 5.94. The average Bonchev–Trinajstić information content (AvgIpc) is 3.21. The van der Waals surface area contributed by atoms with Crippen molar-refractivity contribution in [3.8, 4) is 11.3 Å². The van der Waals surface area contributed by atoms with Crippen LogP contribution in [0.2, 0.25) is 0 Å². The number of fused-ring (bicyclic) bond motifs is 3. The van der Waals surface area contributed by atoms with E-state index < -0.39 is 0 Å². The molecule has 142 valence electrons. The summed E-state index contributed by atoms with van der Waals surface area (Å²) in [7, 11) is 1.60. The number of nitrogens with one attached hydrogen (secondary N) is 2. The van der Waals surface area contributed by atoms with Crippen molar-refractivity contribution in [2.75, 3.05) is 20.1 Å². The van der Waals surface area contributed by atoms with Gasteiger partial charge < -0.3 is 15.1 Å². The third kappa shape index (κ3) is 3.37. The van der Waals surface area contributed by atoms with Crippen molar-refractivity contribution in [1.29, 1.82) is 0 Å². The predicted molar refractivity (Wildman–Crippen MR) is 103 cm³/mol. The zero-order valence-corrected chi connectivity index (χ0v) is 15.7. The molecule has 2 amide bonds. The number of benzene rings is 1. The van der Waals surface area contributed by atoms with Crippen molar-refractivity contribution in [3.05, 3.63) is 47.7 Å². The Balaban J connectivity index is 1.49. The summed E-state index contributed by atoms with van der Waals surface area (Å²) in [5.41, 5.74) is 1.32. The van der Waals surface area contributed by atoms with Gasteiger partial charge in [0.2, 0.25) is 0 Å². The summed E-state index contributed by atoms with van der Waals surface area (Å²) in [4.78, 5) is 27.0. The molecular formula is C21H25N3O3. The maximum absolute atomic E-state index is 12.7. The molecular weight excluding hydrogens is 342 g/mol. The second-order valence-corrected chi connectivity index (χ2v) is 7.44. The van der Waals surface area contributed by atoms with Crippen LogP contribution in [-0.4, -0.2) is 48.9 Å². The molecule has 0 saturated carbocycles.